The molecule has 0 bridgehead atoms. The maximum atomic E-state index is 5.84. The van der Waals surface area contributed by atoms with Crippen molar-refractivity contribution in [2.45, 2.75) is 45.8 Å². The standard InChI is InChI=1S/C16H24O3/c1-13-7-5-8-14(2)16(13)19-12-6-11-18-15-9-3-4-10-17-15/h5,7-8,15H,3-4,6,9-12H2,1-2H3. The fourth-order valence-corrected chi connectivity index (χ4v) is 2.32. The highest BCUT2D eigenvalue weighted by Crippen LogP contribution is 2.22. The average Bonchev–Trinajstić information content (AvgIpc) is 2.42. The van der Waals surface area contributed by atoms with E-state index >= 15 is 0 Å². The molecule has 0 aromatic heterocycles. The Kier molecular flexibility index (Phi) is 5.67. The van der Waals surface area contributed by atoms with Crippen LogP contribution in [0, 0.1) is 13.8 Å². The van der Waals surface area contributed by atoms with Crippen molar-refractivity contribution in [3.63, 3.8) is 0 Å². The Morgan fingerprint density at radius 2 is 1.95 bits per heavy atom. The summed E-state index contributed by atoms with van der Waals surface area (Å²) in [5, 5.41) is 0. The summed E-state index contributed by atoms with van der Waals surface area (Å²) in [6.07, 6.45) is 4.30. The van der Waals surface area contributed by atoms with Crippen LogP contribution in [0.1, 0.15) is 36.8 Å². The van der Waals surface area contributed by atoms with Crippen LogP contribution in [0.4, 0.5) is 0 Å². The predicted octanol–water partition coefficient (Wildman–Crippen LogP) is 3.62. The van der Waals surface area contributed by atoms with Crippen molar-refractivity contribution < 1.29 is 14.2 Å². The summed E-state index contributed by atoms with van der Waals surface area (Å²) in [4.78, 5) is 0. The number of ether oxygens (including phenoxy) is 3. The third-order valence-electron chi connectivity index (χ3n) is 3.39. The van der Waals surface area contributed by atoms with Crippen LogP contribution in [0.25, 0.3) is 0 Å². The maximum absolute atomic E-state index is 5.84. The molecule has 2 rings (SSSR count). The molecule has 0 saturated carbocycles. The Morgan fingerprint density at radius 1 is 1.16 bits per heavy atom. The molecule has 1 aliphatic heterocycles. The van der Waals surface area contributed by atoms with Gasteiger partial charge in [0.1, 0.15) is 5.75 Å². The third-order valence-corrected chi connectivity index (χ3v) is 3.39. The summed E-state index contributed by atoms with van der Waals surface area (Å²) in [6, 6.07) is 6.21. The lowest BCUT2D eigenvalue weighted by Crippen LogP contribution is -2.23. The van der Waals surface area contributed by atoms with Gasteiger partial charge in [-0.05, 0) is 44.2 Å². The fourth-order valence-electron chi connectivity index (χ4n) is 2.32. The molecule has 1 fully saturated rings. The fraction of sp³-hybridized carbons (Fsp3) is 0.625. The van der Waals surface area contributed by atoms with E-state index in [9.17, 15) is 0 Å². The Hall–Kier alpha value is -1.06. The summed E-state index contributed by atoms with van der Waals surface area (Å²) in [5.41, 5.74) is 2.38. The highest BCUT2D eigenvalue weighted by atomic mass is 16.7. The van der Waals surface area contributed by atoms with E-state index < -0.39 is 0 Å². The van der Waals surface area contributed by atoms with Crippen LogP contribution >= 0.6 is 0 Å². The van der Waals surface area contributed by atoms with E-state index in [4.69, 9.17) is 14.2 Å². The zero-order valence-corrected chi connectivity index (χ0v) is 12.0. The smallest absolute Gasteiger partial charge is 0.157 e. The van der Waals surface area contributed by atoms with E-state index in [2.05, 4.69) is 32.0 Å². The van der Waals surface area contributed by atoms with Gasteiger partial charge in [0.05, 0.1) is 13.2 Å². The SMILES string of the molecule is Cc1cccc(C)c1OCCCOC1CCCCO1. The Labute approximate surface area is 115 Å². The van der Waals surface area contributed by atoms with Gasteiger partial charge in [0.2, 0.25) is 0 Å². The molecule has 0 spiro atoms. The van der Waals surface area contributed by atoms with Crippen LogP contribution in [0.15, 0.2) is 18.2 Å². The van der Waals surface area contributed by atoms with Crippen LogP contribution in [-0.2, 0) is 9.47 Å². The molecule has 1 saturated heterocycles. The van der Waals surface area contributed by atoms with Crippen molar-refractivity contribution >= 4 is 0 Å². The summed E-state index contributed by atoms with van der Waals surface area (Å²) in [5.74, 6) is 1.01. The van der Waals surface area contributed by atoms with E-state index in [0.29, 0.717) is 13.2 Å². The van der Waals surface area contributed by atoms with Crippen molar-refractivity contribution in [3.05, 3.63) is 29.3 Å². The minimum Gasteiger partial charge on any atom is -0.493 e. The van der Waals surface area contributed by atoms with Crippen LogP contribution in [0.5, 0.6) is 5.75 Å². The number of para-hydroxylation sites is 1. The first-order valence-corrected chi connectivity index (χ1v) is 7.19. The number of rotatable bonds is 6. The predicted molar refractivity (Wildman–Crippen MR) is 75.6 cm³/mol. The molecule has 3 nitrogen and oxygen atoms in total. The topological polar surface area (TPSA) is 27.7 Å². The molecule has 0 radical (unpaired) electrons. The minimum atomic E-state index is 0.00828. The highest BCUT2D eigenvalue weighted by Gasteiger charge is 2.13. The average molecular weight is 264 g/mol. The maximum Gasteiger partial charge on any atom is 0.157 e. The summed E-state index contributed by atoms with van der Waals surface area (Å²) >= 11 is 0. The van der Waals surface area contributed by atoms with Crippen LogP contribution < -0.4 is 4.74 Å². The largest absolute Gasteiger partial charge is 0.493 e. The van der Waals surface area contributed by atoms with Crippen molar-refractivity contribution in [3.8, 4) is 5.75 Å². The molecule has 3 heteroatoms. The molecule has 0 N–H and O–H groups in total. The van der Waals surface area contributed by atoms with Crippen molar-refractivity contribution in [2.75, 3.05) is 19.8 Å². The zero-order chi connectivity index (χ0) is 13.5. The number of aryl methyl sites for hydroxylation is 2. The van der Waals surface area contributed by atoms with Gasteiger partial charge in [-0.2, -0.15) is 0 Å². The van der Waals surface area contributed by atoms with Gasteiger partial charge in [-0.3, -0.25) is 0 Å². The second-order valence-corrected chi connectivity index (χ2v) is 5.09. The van der Waals surface area contributed by atoms with E-state index in [0.717, 1.165) is 31.6 Å². The quantitative estimate of drug-likeness (QED) is 0.735. The molecule has 19 heavy (non-hydrogen) atoms. The second-order valence-electron chi connectivity index (χ2n) is 5.09. The van der Waals surface area contributed by atoms with Gasteiger partial charge in [0.15, 0.2) is 6.29 Å². The molecule has 1 aliphatic rings. The van der Waals surface area contributed by atoms with Crippen LogP contribution in [0.2, 0.25) is 0 Å². The summed E-state index contributed by atoms with van der Waals surface area (Å²) < 4.78 is 17.0. The van der Waals surface area contributed by atoms with Gasteiger partial charge in [-0.1, -0.05) is 18.2 Å². The first kappa shape index (κ1) is 14.4. The summed E-state index contributed by atoms with van der Waals surface area (Å²) in [6.45, 7) is 6.39. The summed E-state index contributed by atoms with van der Waals surface area (Å²) in [7, 11) is 0. The molecule has 1 unspecified atom stereocenters. The van der Waals surface area contributed by atoms with E-state index in [1.54, 1.807) is 0 Å². The Morgan fingerprint density at radius 3 is 2.63 bits per heavy atom. The third kappa shape index (κ3) is 4.51. The molecule has 1 atom stereocenters. The second kappa shape index (κ2) is 7.51. The van der Waals surface area contributed by atoms with Gasteiger partial charge >= 0.3 is 0 Å². The number of hydrogen-bond acceptors (Lipinski definition) is 3. The first-order valence-electron chi connectivity index (χ1n) is 7.19. The number of hydrogen-bond donors (Lipinski definition) is 0. The molecular formula is C16H24O3. The number of benzene rings is 1. The zero-order valence-electron chi connectivity index (χ0n) is 12.0. The molecule has 1 aromatic rings. The Bertz CT molecular complexity index is 363. The lowest BCUT2D eigenvalue weighted by molar-refractivity contribution is -0.163. The highest BCUT2D eigenvalue weighted by molar-refractivity contribution is 5.39. The van der Waals surface area contributed by atoms with Crippen molar-refractivity contribution in [1.82, 2.24) is 0 Å². The van der Waals surface area contributed by atoms with Crippen molar-refractivity contribution in [2.24, 2.45) is 0 Å². The van der Waals surface area contributed by atoms with Crippen molar-refractivity contribution in [1.29, 1.82) is 0 Å². The van der Waals surface area contributed by atoms with E-state index in [1.807, 2.05) is 0 Å². The lowest BCUT2D eigenvalue weighted by atomic mass is 10.1. The molecule has 1 heterocycles. The monoisotopic (exact) mass is 264 g/mol. The van der Waals surface area contributed by atoms with E-state index in [-0.39, 0.29) is 6.29 Å². The molecule has 1 aromatic carbocycles. The molecule has 106 valence electrons. The molecule has 0 aliphatic carbocycles. The lowest BCUT2D eigenvalue weighted by Gasteiger charge is -2.22. The van der Waals surface area contributed by atoms with Gasteiger partial charge in [-0.25, -0.2) is 0 Å². The van der Waals surface area contributed by atoms with Gasteiger partial charge in [0.25, 0.3) is 0 Å². The Balaban J connectivity index is 1.63. The molecule has 0 amide bonds. The van der Waals surface area contributed by atoms with Gasteiger partial charge in [0, 0.05) is 13.0 Å². The van der Waals surface area contributed by atoms with Crippen LogP contribution in [0.3, 0.4) is 0 Å². The first-order chi connectivity index (χ1) is 9.27. The van der Waals surface area contributed by atoms with Crippen LogP contribution in [-0.4, -0.2) is 26.1 Å². The van der Waals surface area contributed by atoms with E-state index in [1.165, 1.54) is 17.5 Å². The normalized spacial score (nSPS) is 19.4. The minimum absolute atomic E-state index is 0.00828. The van der Waals surface area contributed by atoms with Gasteiger partial charge < -0.3 is 14.2 Å². The van der Waals surface area contributed by atoms with Gasteiger partial charge in [-0.15, -0.1) is 0 Å². The molecular weight excluding hydrogens is 240 g/mol.